The predicted octanol–water partition coefficient (Wildman–Crippen LogP) is -0.119. The Bertz CT molecular complexity index is 103. The van der Waals surface area contributed by atoms with Crippen molar-refractivity contribution in [3.05, 3.63) is 5.76 Å². The van der Waals surface area contributed by atoms with Crippen molar-refractivity contribution in [2.75, 3.05) is 0 Å². The van der Waals surface area contributed by atoms with Crippen molar-refractivity contribution in [2.45, 2.75) is 0 Å². The molecule has 0 heterocycles. The van der Waals surface area contributed by atoms with Crippen LogP contribution in [0.5, 0.6) is 0 Å². The van der Waals surface area contributed by atoms with Gasteiger partial charge in [0.2, 0.25) is 5.76 Å². The third-order valence-electron chi connectivity index (χ3n) is 0.216. The van der Waals surface area contributed by atoms with Crippen LogP contribution >= 0.6 is 12.4 Å². The lowest BCUT2D eigenvalue weighted by molar-refractivity contribution is -0.106. The van der Waals surface area contributed by atoms with E-state index in [1.54, 1.807) is 0 Å². The number of carbonyl (C=O) groups is 1. The third kappa shape index (κ3) is 5.21. The molecule has 0 aromatic rings. The van der Waals surface area contributed by atoms with Gasteiger partial charge < -0.3 is 5.11 Å². The number of aliphatic hydroxyl groups excluding tert-OH is 1. The zero-order valence-corrected chi connectivity index (χ0v) is 4.07. The van der Waals surface area contributed by atoms with Gasteiger partial charge in [-0.3, -0.25) is 4.79 Å². The third-order valence-corrected chi connectivity index (χ3v) is 0.216. The van der Waals surface area contributed by atoms with Crippen molar-refractivity contribution < 1.29 is 14.7 Å². The van der Waals surface area contributed by atoms with Gasteiger partial charge in [0.05, 0.1) is 0 Å². The van der Waals surface area contributed by atoms with Crippen LogP contribution in [0.1, 0.15) is 0 Å². The number of allylic oxidation sites excluding steroid dienone is 1. The Morgan fingerprint density at radius 2 is 2.14 bits per heavy atom. The van der Waals surface area contributed by atoms with Gasteiger partial charge in [0.1, 0.15) is 0 Å². The van der Waals surface area contributed by atoms with Gasteiger partial charge in [-0.15, -0.1) is 12.4 Å². The number of aliphatic hydroxyl groups is 1. The van der Waals surface area contributed by atoms with Crippen LogP contribution < -0.4 is 0 Å². The summed E-state index contributed by atoms with van der Waals surface area (Å²) >= 11 is 0. The summed E-state index contributed by atoms with van der Waals surface area (Å²) < 4.78 is 0. The van der Waals surface area contributed by atoms with E-state index in [1.165, 1.54) is 0 Å². The minimum atomic E-state index is -0.894. The summed E-state index contributed by atoms with van der Waals surface area (Å²) in [6.07, 6.45) is 0.0208. The van der Waals surface area contributed by atoms with Crippen LogP contribution in [0.25, 0.3) is 0 Å². The molecule has 0 bridgehead atoms. The molecule has 3 nitrogen and oxygen atoms in total. The van der Waals surface area contributed by atoms with E-state index >= 15 is 0 Å². The van der Waals surface area contributed by atoms with Crippen molar-refractivity contribution in [3.63, 3.8) is 0 Å². The van der Waals surface area contributed by atoms with E-state index in [-0.39, 0.29) is 18.7 Å². The van der Waals surface area contributed by atoms with Gasteiger partial charge in [0, 0.05) is 0 Å². The summed E-state index contributed by atoms with van der Waals surface area (Å²) in [5.74, 6) is 0.0752. The maximum absolute atomic E-state index is 9.19. The van der Waals surface area contributed by atoms with E-state index in [9.17, 15) is 4.79 Å². The van der Waals surface area contributed by atoms with E-state index in [1.807, 2.05) is 0 Å². The zero-order chi connectivity index (χ0) is 4.99. The maximum Gasteiger partial charge on any atom is 0.241 e. The standard InChI is InChI=1S/C3H2O3.ClH/c4-1-3(6)2-5;/h1,6H;1H. The second kappa shape index (κ2) is 5.21. The Kier molecular flexibility index (Phi) is 7.08. The Morgan fingerprint density at radius 3 is 2.14 bits per heavy atom. The van der Waals surface area contributed by atoms with Crippen LogP contribution in [0.2, 0.25) is 0 Å². The van der Waals surface area contributed by atoms with Gasteiger partial charge >= 0.3 is 0 Å². The van der Waals surface area contributed by atoms with Gasteiger partial charge in [-0.1, -0.05) is 0 Å². The van der Waals surface area contributed by atoms with Crippen molar-refractivity contribution in [3.8, 4) is 0 Å². The lowest BCUT2D eigenvalue weighted by Gasteiger charge is -1.65. The highest BCUT2D eigenvalue weighted by Crippen LogP contribution is 1.62. The van der Waals surface area contributed by atoms with Gasteiger partial charge in [0.15, 0.2) is 12.2 Å². The number of rotatable bonds is 1. The highest BCUT2D eigenvalue weighted by atomic mass is 35.5. The summed E-state index contributed by atoms with van der Waals surface area (Å²) in [5, 5.41) is 7.79. The highest BCUT2D eigenvalue weighted by Gasteiger charge is 1.79. The lowest BCUT2D eigenvalue weighted by Crippen LogP contribution is -1.78. The SMILES string of the molecule is Cl.O=C=C(O)C=O. The number of hydrogen-bond acceptors (Lipinski definition) is 3. The minimum absolute atomic E-state index is 0. The molecule has 0 saturated carbocycles. The van der Waals surface area contributed by atoms with Gasteiger partial charge in [-0.05, 0) is 0 Å². The summed E-state index contributed by atoms with van der Waals surface area (Å²) in [6.45, 7) is 0. The van der Waals surface area contributed by atoms with Crippen LogP contribution in [0, 0.1) is 0 Å². The fourth-order valence-corrected chi connectivity index (χ4v) is 0.0241. The van der Waals surface area contributed by atoms with E-state index in [0.29, 0.717) is 0 Å². The van der Waals surface area contributed by atoms with Crippen LogP contribution in [-0.2, 0) is 9.59 Å². The van der Waals surface area contributed by atoms with E-state index in [2.05, 4.69) is 0 Å². The fraction of sp³-hybridized carbons (Fsp3) is 0. The van der Waals surface area contributed by atoms with E-state index in [0.717, 1.165) is 5.94 Å². The van der Waals surface area contributed by atoms with Gasteiger partial charge in [-0.2, -0.15) is 0 Å². The summed E-state index contributed by atoms with van der Waals surface area (Å²) in [5.41, 5.74) is 0. The molecule has 7 heavy (non-hydrogen) atoms. The van der Waals surface area contributed by atoms with Crippen LogP contribution in [0.3, 0.4) is 0 Å². The molecule has 4 heteroatoms. The average Bonchev–Trinajstić information content (AvgIpc) is 1.65. The minimum Gasteiger partial charge on any atom is -0.497 e. The van der Waals surface area contributed by atoms with Crippen molar-refractivity contribution in [2.24, 2.45) is 0 Å². The zero-order valence-electron chi connectivity index (χ0n) is 3.25. The maximum atomic E-state index is 9.19. The fourth-order valence-electron chi connectivity index (χ4n) is 0.0241. The van der Waals surface area contributed by atoms with E-state index in [4.69, 9.17) is 9.90 Å². The topological polar surface area (TPSA) is 54.4 Å². The first-order valence-corrected chi connectivity index (χ1v) is 1.20. The molecule has 0 atom stereocenters. The molecule has 0 rings (SSSR count). The molecule has 0 aromatic carbocycles. The highest BCUT2D eigenvalue weighted by molar-refractivity contribution is 5.85. The van der Waals surface area contributed by atoms with Crippen LogP contribution in [-0.4, -0.2) is 17.3 Å². The quantitative estimate of drug-likeness (QED) is 0.228. The van der Waals surface area contributed by atoms with Crippen LogP contribution in [0.4, 0.5) is 0 Å². The molecule has 0 unspecified atom stereocenters. The number of carbonyl (C=O) groups excluding carboxylic acids is 2. The van der Waals surface area contributed by atoms with E-state index < -0.39 is 5.76 Å². The first-order chi connectivity index (χ1) is 2.81. The van der Waals surface area contributed by atoms with Crippen molar-refractivity contribution >= 4 is 24.6 Å². The van der Waals surface area contributed by atoms with Crippen LogP contribution in [0.15, 0.2) is 5.76 Å². The molecule has 0 radical (unpaired) electrons. The van der Waals surface area contributed by atoms with Crippen molar-refractivity contribution in [1.29, 1.82) is 0 Å². The van der Waals surface area contributed by atoms with Gasteiger partial charge in [-0.25, -0.2) is 4.79 Å². The molecule has 0 spiro atoms. The molecule has 40 valence electrons. The number of hydrogen-bond donors (Lipinski definition) is 1. The van der Waals surface area contributed by atoms with Crippen molar-refractivity contribution in [1.82, 2.24) is 0 Å². The number of aldehydes is 1. The average molecular weight is 123 g/mol. The molecule has 0 aliphatic heterocycles. The smallest absolute Gasteiger partial charge is 0.241 e. The summed E-state index contributed by atoms with van der Waals surface area (Å²) in [4.78, 5) is 18.3. The lowest BCUT2D eigenvalue weighted by atomic mass is 10.6. The molecule has 0 amide bonds. The first kappa shape index (κ1) is 9.51. The molecule has 1 N–H and O–H groups in total. The summed E-state index contributed by atoms with van der Waals surface area (Å²) in [7, 11) is 0. The molecule has 0 aromatic heterocycles. The second-order valence-electron chi connectivity index (χ2n) is 0.605. The van der Waals surface area contributed by atoms with Gasteiger partial charge in [0.25, 0.3) is 0 Å². The predicted molar refractivity (Wildman–Crippen MR) is 25.1 cm³/mol. The molecule has 0 aliphatic rings. The molecule has 0 fully saturated rings. The Balaban J connectivity index is 0. The normalized spacial score (nSPS) is 5.14. The monoisotopic (exact) mass is 122 g/mol. The Hall–Kier alpha value is -0.790. The Morgan fingerprint density at radius 1 is 1.71 bits per heavy atom. The second-order valence-corrected chi connectivity index (χ2v) is 0.605. The largest absolute Gasteiger partial charge is 0.497 e. The number of halogens is 1. The molecule has 0 aliphatic carbocycles. The molecular formula is C3H3ClO3. The molecular weight excluding hydrogens is 119 g/mol. The Labute approximate surface area is 46.0 Å². The summed E-state index contributed by atoms with van der Waals surface area (Å²) in [6, 6.07) is 0. The first-order valence-electron chi connectivity index (χ1n) is 1.20. The molecule has 0 saturated heterocycles.